The van der Waals surface area contributed by atoms with E-state index in [1.165, 1.54) is 18.2 Å². The minimum absolute atomic E-state index is 0. The molecule has 3 N–H and O–H groups in total. The van der Waals surface area contributed by atoms with E-state index in [-0.39, 0.29) is 29.9 Å². The topological polar surface area (TPSA) is 70.2 Å². The van der Waals surface area contributed by atoms with E-state index in [1.54, 1.807) is 18.2 Å². The summed E-state index contributed by atoms with van der Waals surface area (Å²) < 4.78 is 13.9. The third-order valence-electron chi connectivity index (χ3n) is 5.68. The maximum Gasteiger partial charge on any atom is 0.258 e. The smallest absolute Gasteiger partial charge is 0.258 e. The van der Waals surface area contributed by atoms with Crippen LogP contribution < -0.4 is 16.0 Å². The van der Waals surface area contributed by atoms with Crippen molar-refractivity contribution in [3.8, 4) is 0 Å². The number of para-hydroxylation sites is 1. The Morgan fingerprint density at radius 1 is 0.966 bits per heavy atom. The average Bonchev–Trinajstić information content (AvgIpc) is 3.01. The number of aryl methyl sites for hydroxylation is 1. The molecule has 2 saturated heterocycles. The first-order valence-electron chi connectivity index (χ1n) is 9.73. The summed E-state index contributed by atoms with van der Waals surface area (Å²) in [6.45, 7) is 1.82. The van der Waals surface area contributed by atoms with Gasteiger partial charge in [0.2, 0.25) is 0 Å². The van der Waals surface area contributed by atoms with Crippen LogP contribution in [0.2, 0.25) is 0 Å². The lowest BCUT2D eigenvalue weighted by atomic mass is 9.99. The van der Waals surface area contributed by atoms with Crippen molar-refractivity contribution in [2.75, 3.05) is 5.32 Å². The second-order valence-corrected chi connectivity index (χ2v) is 7.71. The lowest BCUT2D eigenvalue weighted by molar-refractivity contribution is 0.0925. The van der Waals surface area contributed by atoms with Crippen LogP contribution in [0, 0.1) is 12.7 Å². The van der Waals surface area contributed by atoms with Crippen LogP contribution in [-0.2, 0) is 0 Å². The van der Waals surface area contributed by atoms with Crippen LogP contribution in [0.3, 0.4) is 0 Å². The van der Waals surface area contributed by atoms with Crippen molar-refractivity contribution >= 4 is 29.9 Å². The van der Waals surface area contributed by atoms with E-state index in [9.17, 15) is 14.0 Å². The van der Waals surface area contributed by atoms with Crippen LogP contribution in [0.5, 0.6) is 0 Å². The lowest BCUT2D eigenvalue weighted by Crippen LogP contribution is -2.48. The zero-order valence-corrected chi connectivity index (χ0v) is 17.0. The van der Waals surface area contributed by atoms with Crippen LogP contribution in [0.15, 0.2) is 42.5 Å². The Kier molecular flexibility index (Phi) is 6.55. The molecule has 2 aromatic rings. The van der Waals surface area contributed by atoms with Crippen molar-refractivity contribution in [3.05, 3.63) is 65.0 Å². The number of benzene rings is 2. The van der Waals surface area contributed by atoms with E-state index in [4.69, 9.17) is 0 Å². The van der Waals surface area contributed by atoms with Gasteiger partial charge in [0, 0.05) is 18.1 Å². The number of rotatable bonds is 4. The summed E-state index contributed by atoms with van der Waals surface area (Å²) in [6.07, 6.45) is 4.16. The van der Waals surface area contributed by atoms with Gasteiger partial charge in [-0.2, -0.15) is 0 Å². The van der Waals surface area contributed by atoms with E-state index in [0.29, 0.717) is 23.3 Å². The van der Waals surface area contributed by atoms with Gasteiger partial charge in [0.05, 0.1) is 16.8 Å². The quantitative estimate of drug-likeness (QED) is 0.708. The van der Waals surface area contributed by atoms with Gasteiger partial charge in [0.25, 0.3) is 11.8 Å². The highest BCUT2D eigenvalue weighted by Gasteiger charge is 2.34. The van der Waals surface area contributed by atoms with Crippen LogP contribution >= 0.6 is 12.4 Å². The van der Waals surface area contributed by atoms with Crippen molar-refractivity contribution in [2.45, 2.75) is 50.7 Å². The second kappa shape index (κ2) is 8.93. The fourth-order valence-electron chi connectivity index (χ4n) is 4.29. The Morgan fingerprint density at radius 2 is 1.62 bits per heavy atom. The molecule has 2 aliphatic rings. The first kappa shape index (κ1) is 21.3. The van der Waals surface area contributed by atoms with Crippen LogP contribution in [0.4, 0.5) is 10.1 Å². The number of fused-ring (bicyclic) bond motifs is 2. The molecule has 4 rings (SSSR count). The number of halogens is 2. The van der Waals surface area contributed by atoms with Gasteiger partial charge in [0.15, 0.2) is 0 Å². The number of piperidine rings is 1. The Hall–Kier alpha value is -2.44. The molecule has 2 aliphatic heterocycles. The summed E-state index contributed by atoms with van der Waals surface area (Å²) in [5.41, 5.74) is 1.52. The van der Waals surface area contributed by atoms with Crippen LogP contribution in [0.1, 0.15) is 52.0 Å². The summed E-state index contributed by atoms with van der Waals surface area (Å²) in [5.74, 6) is -1.37. The van der Waals surface area contributed by atoms with E-state index in [0.717, 1.165) is 31.2 Å². The van der Waals surface area contributed by atoms with Gasteiger partial charge in [-0.05, 0) is 56.4 Å². The molecule has 0 aliphatic carbocycles. The van der Waals surface area contributed by atoms with E-state index < -0.39 is 11.7 Å². The number of amides is 2. The van der Waals surface area contributed by atoms with E-state index >= 15 is 0 Å². The Bertz CT molecular complexity index is 909. The maximum atomic E-state index is 13.9. The molecule has 2 aromatic carbocycles. The van der Waals surface area contributed by atoms with Gasteiger partial charge in [-0.15, -0.1) is 12.4 Å². The number of carbonyl (C=O) groups excluding carboxylic acids is 2. The first-order valence-corrected chi connectivity index (χ1v) is 9.73. The van der Waals surface area contributed by atoms with Gasteiger partial charge < -0.3 is 16.0 Å². The maximum absolute atomic E-state index is 13.9. The molecule has 0 radical (unpaired) electrons. The molecule has 154 valence electrons. The van der Waals surface area contributed by atoms with E-state index in [1.807, 2.05) is 13.0 Å². The molecular weight excluding hydrogens is 393 g/mol. The highest BCUT2D eigenvalue weighted by Crippen LogP contribution is 2.28. The van der Waals surface area contributed by atoms with Gasteiger partial charge in [-0.3, -0.25) is 9.59 Å². The summed E-state index contributed by atoms with van der Waals surface area (Å²) in [5, 5.41) is 9.42. The summed E-state index contributed by atoms with van der Waals surface area (Å²) in [6, 6.07) is 12.2. The van der Waals surface area contributed by atoms with Crippen LogP contribution in [0.25, 0.3) is 0 Å². The molecule has 7 heteroatoms. The molecule has 2 heterocycles. The van der Waals surface area contributed by atoms with Gasteiger partial charge in [-0.1, -0.05) is 24.3 Å². The Labute approximate surface area is 175 Å². The Balaban J connectivity index is 0.00000240. The van der Waals surface area contributed by atoms with Crippen molar-refractivity contribution in [1.82, 2.24) is 10.6 Å². The van der Waals surface area contributed by atoms with Gasteiger partial charge in [0.1, 0.15) is 5.82 Å². The summed E-state index contributed by atoms with van der Waals surface area (Å²) in [4.78, 5) is 25.5. The molecular formula is C22H25ClFN3O2. The molecule has 2 atom stereocenters. The summed E-state index contributed by atoms with van der Waals surface area (Å²) in [7, 11) is 0. The highest BCUT2D eigenvalue weighted by atomic mass is 35.5. The first-order chi connectivity index (χ1) is 13.5. The fraction of sp³-hybridized carbons (Fsp3) is 0.364. The fourth-order valence-corrected chi connectivity index (χ4v) is 4.29. The monoisotopic (exact) mass is 417 g/mol. The minimum Gasteiger partial charge on any atom is -0.349 e. The lowest BCUT2D eigenvalue weighted by Gasteiger charge is -2.30. The second-order valence-electron chi connectivity index (χ2n) is 7.71. The van der Waals surface area contributed by atoms with Crippen molar-refractivity contribution < 1.29 is 14.0 Å². The molecule has 2 unspecified atom stereocenters. The third-order valence-corrected chi connectivity index (χ3v) is 5.68. The van der Waals surface area contributed by atoms with Crippen molar-refractivity contribution in [3.63, 3.8) is 0 Å². The predicted octanol–water partition coefficient (Wildman–Crippen LogP) is 3.82. The predicted molar refractivity (Wildman–Crippen MR) is 113 cm³/mol. The molecule has 2 bridgehead atoms. The highest BCUT2D eigenvalue weighted by molar-refractivity contribution is 6.09. The molecule has 2 fully saturated rings. The number of nitrogens with one attached hydrogen (secondary N) is 3. The molecule has 0 aromatic heterocycles. The molecule has 5 nitrogen and oxygen atoms in total. The summed E-state index contributed by atoms with van der Waals surface area (Å²) >= 11 is 0. The van der Waals surface area contributed by atoms with Crippen LogP contribution in [-0.4, -0.2) is 29.9 Å². The number of hydrogen-bond acceptors (Lipinski definition) is 3. The normalized spacial score (nSPS) is 22.5. The minimum atomic E-state index is -0.593. The molecule has 0 saturated carbocycles. The zero-order chi connectivity index (χ0) is 19.7. The van der Waals surface area contributed by atoms with Crippen molar-refractivity contribution in [1.29, 1.82) is 0 Å². The number of anilines is 1. The molecule has 29 heavy (non-hydrogen) atoms. The standard InChI is InChI=1S/C22H24FN3O2.ClH/c1-13-5-4-7-18(20(13)26-21(27)17-6-2-3-8-19(17)23)22(28)25-16-11-14-9-10-15(12-16)24-14;/h2-8,14-16,24H,9-12H2,1H3,(H,25,28)(H,26,27);1H. The third kappa shape index (κ3) is 4.60. The molecule has 0 spiro atoms. The van der Waals surface area contributed by atoms with Gasteiger partial charge in [-0.25, -0.2) is 4.39 Å². The van der Waals surface area contributed by atoms with Gasteiger partial charge >= 0.3 is 0 Å². The zero-order valence-electron chi connectivity index (χ0n) is 16.2. The number of carbonyl (C=O) groups is 2. The number of hydrogen-bond donors (Lipinski definition) is 3. The van der Waals surface area contributed by atoms with E-state index in [2.05, 4.69) is 16.0 Å². The average molecular weight is 418 g/mol. The SMILES string of the molecule is Cc1cccc(C(=O)NC2CC3CCC(C2)N3)c1NC(=O)c1ccccc1F.Cl. The van der Waals surface area contributed by atoms with Crippen molar-refractivity contribution in [2.24, 2.45) is 0 Å². The Morgan fingerprint density at radius 3 is 2.31 bits per heavy atom. The largest absolute Gasteiger partial charge is 0.349 e. The molecule has 2 amide bonds.